The third-order valence-corrected chi connectivity index (χ3v) is 9.33. The molecule has 4 atom stereocenters. The van der Waals surface area contributed by atoms with E-state index in [-0.39, 0.29) is 24.3 Å². The summed E-state index contributed by atoms with van der Waals surface area (Å²) in [6.07, 6.45) is -0.0911. The molecule has 192 valence electrons. The molecular formula is C29H27N5O3S. The molecule has 0 radical (unpaired) electrons. The van der Waals surface area contributed by atoms with Crippen LogP contribution in [0.3, 0.4) is 0 Å². The van der Waals surface area contributed by atoms with Crippen molar-refractivity contribution in [2.45, 2.75) is 44.0 Å². The lowest BCUT2D eigenvalue weighted by Gasteiger charge is -2.50. The number of thiocarbonyl (C=S) groups is 1. The van der Waals surface area contributed by atoms with Gasteiger partial charge in [-0.1, -0.05) is 36.4 Å². The predicted molar refractivity (Wildman–Crippen MR) is 151 cm³/mol. The zero-order chi connectivity index (χ0) is 26.1. The molecule has 9 heteroatoms. The number of nitrogens with zero attached hydrogens (tertiary/aromatic N) is 3. The summed E-state index contributed by atoms with van der Waals surface area (Å²) in [4.78, 5) is 15.4. The summed E-state index contributed by atoms with van der Waals surface area (Å²) in [5.74, 6) is -0.0261. The van der Waals surface area contributed by atoms with Gasteiger partial charge >= 0.3 is 0 Å². The number of hydrogen-bond donors (Lipinski definition) is 2. The summed E-state index contributed by atoms with van der Waals surface area (Å²) in [7, 11) is 3.66. The molecule has 38 heavy (non-hydrogen) atoms. The van der Waals surface area contributed by atoms with E-state index in [0.717, 1.165) is 54.7 Å². The number of aromatic nitrogens is 2. The summed E-state index contributed by atoms with van der Waals surface area (Å²) < 4.78 is 18.0. The molecule has 3 N–H and O–H groups in total. The molecule has 0 unspecified atom stereocenters. The molecule has 2 aromatic heterocycles. The quantitative estimate of drug-likeness (QED) is 0.334. The number of methoxy groups -OCH3 is 1. The molecule has 1 amide bonds. The minimum Gasteiger partial charge on any atom is -0.376 e. The van der Waals surface area contributed by atoms with Gasteiger partial charge in [0.25, 0.3) is 5.91 Å². The number of rotatable bonds is 2. The van der Waals surface area contributed by atoms with Gasteiger partial charge in [-0.2, -0.15) is 0 Å². The smallest absolute Gasteiger partial charge is 0.252 e. The largest absolute Gasteiger partial charge is 0.376 e. The van der Waals surface area contributed by atoms with Crippen molar-refractivity contribution in [1.29, 1.82) is 0 Å². The molecular weight excluding hydrogens is 498 g/mol. The van der Waals surface area contributed by atoms with Crippen LogP contribution in [-0.2, 0) is 21.7 Å². The van der Waals surface area contributed by atoms with Crippen molar-refractivity contribution in [3.63, 3.8) is 0 Å². The van der Waals surface area contributed by atoms with Gasteiger partial charge in [-0.05, 0) is 36.8 Å². The molecule has 1 fully saturated rings. The number of amides is 1. The Labute approximate surface area is 223 Å². The average molecular weight is 526 g/mol. The maximum Gasteiger partial charge on any atom is 0.252 e. The van der Waals surface area contributed by atoms with Gasteiger partial charge in [-0.3, -0.25) is 4.79 Å². The summed E-state index contributed by atoms with van der Waals surface area (Å²) in [6, 6.07) is 16.5. The van der Waals surface area contributed by atoms with E-state index in [9.17, 15) is 4.79 Å². The van der Waals surface area contributed by atoms with Gasteiger partial charge in [0, 0.05) is 48.7 Å². The van der Waals surface area contributed by atoms with Gasteiger partial charge < -0.3 is 34.6 Å². The fraction of sp³-hybridized carbons (Fsp3) is 0.310. The zero-order valence-corrected chi connectivity index (χ0v) is 22.1. The Balaban J connectivity index is 1.66. The fourth-order valence-electron chi connectivity index (χ4n) is 7.56. The summed E-state index contributed by atoms with van der Waals surface area (Å²) in [5, 5.41) is 7.66. The Bertz CT molecular complexity index is 1890. The van der Waals surface area contributed by atoms with E-state index >= 15 is 0 Å². The average Bonchev–Trinajstić information content (AvgIpc) is 3.55. The van der Waals surface area contributed by atoms with E-state index in [1.807, 2.05) is 24.1 Å². The van der Waals surface area contributed by atoms with Crippen molar-refractivity contribution in [3.8, 4) is 0 Å². The zero-order valence-electron chi connectivity index (χ0n) is 21.3. The number of ether oxygens (including phenoxy) is 2. The van der Waals surface area contributed by atoms with Crippen molar-refractivity contribution < 1.29 is 14.3 Å². The molecule has 0 saturated carbocycles. The van der Waals surface area contributed by atoms with Gasteiger partial charge in [0.1, 0.15) is 12.3 Å². The first-order chi connectivity index (χ1) is 18.4. The second-order valence-corrected chi connectivity index (χ2v) is 11.2. The van der Waals surface area contributed by atoms with Crippen LogP contribution in [0.4, 0.5) is 0 Å². The highest BCUT2D eigenvalue weighted by molar-refractivity contribution is 7.80. The fourth-order valence-corrected chi connectivity index (χ4v) is 7.69. The first-order valence-electron chi connectivity index (χ1n) is 12.9. The molecule has 3 aliphatic heterocycles. The second kappa shape index (κ2) is 7.25. The van der Waals surface area contributed by atoms with E-state index in [1.54, 1.807) is 7.11 Å². The lowest BCUT2D eigenvalue weighted by Crippen LogP contribution is -2.61. The van der Waals surface area contributed by atoms with E-state index in [4.69, 9.17) is 27.4 Å². The summed E-state index contributed by atoms with van der Waals surface area (Å²) in [5.41, 5.74) is 11.3. The summed E-state index contributed by atoms with van der Waals surface area (Å²) >= 11 is 5.44. The van der Waals surface area contributed by atoms with Crippen molar-refractivity contribution >= 4 is 66.8 Å². The maximum atomic E-state index is 13.4. The molecule has 3 aromatic carbocycles. The normalized spacial score (nSPS) is 25.9. The second-order valence-electron chi connectivity index (χ2n) is 10.8. The van der Waals surface area contributed by atoms with Gasteiger partial charge in [0.05, 0.1) is 33.7 Å². The molecule has 1 saturated heterocycles. The van der Waals surface area contributed by atoms with E-state index in [1.165, 1.54) is 0 Å². The number of fused-ring (bicyclic) bond motifs is 13. The van der Waals surface area contributed by atoms with Crippen molar-refractivity contribution in [3.05, 3.63) is 59.7 Å². The van der Waals surface area contributed by atoms with Crippen molar-refractivity contribution in [1.82, 2.24) is 19.4 Å². The van der Waals surface area contributed by atoms with Crippen LogP contribution in [0.15, 0.2) is 48.5 Å². The molecule has 0 aliphatic carbocycles. The van der Waals surface area contributed by atoms with Crippen LogP contribution in [0.2, 0.25) is 0 Å². The van der Waals surface area contributed by atoms with E-state index in [2.05, 4.69) is 57.8 Å². The number of benzene rings is 3. The molecule has 0 spiro atoms. The van der Waals surface area contributed by atoms with Gasteiger partial charge in [-0.25, -0.2) is 0 Å². The highest BCUT2D eigenvalue weighted by Gasteiger charge is 2.54. The number of likely N-dealkylation sites (N-methyl/N-ethyl adjacent to an activating group) is 1. The Morgan fingerprint density at radius 3 is 2.53 bits per heavy atom. The van der Waals surface area contributed by atoms with Crippen LogP contribution in [0.5, 0.6) is 0 Å². The number of nitrogens with two attached hydrogens (primary N) is 1. The van der Waals surface area contributed by atoms with Crippen molar-refractivity contribution in [2.75, 3.05) is 14.2 Å². The third kappa shape index (κ3) is 2.43. The SMILES string of the molecule is CO[C@@H]1[C@H](N(C)C(N)=S)C[C@@H]2O[C@@]1(C)n1c3ccccc3c3c4c(c5c6ccccc6n2c5c31)C(=O)NC4. The molecule has 3 aliphatic rings. The first kappa shape index (κ1) is 22.3. The molecule has 8 nitrogen and oxygen atoms in total. The highest BCUT2D eigenvalue weighted by atomic mass is 32.1. The minimum atomic E-state index is -0.889. The number of carbonyl (C=O) groups is 1. The third-order valence-electron chi connectivity index (χ3n) is 9.04. The Morgan fingerprint density at radius 1 is 1.13 bits per heavy atom. The standard InChI is InChI=1S/C29H27N5O3S/c1-29-26(36-3)19(32(2)28(30)38)12-20(37-29)33-17-10-6-4-8-14(17)22-23-16(13-31-27(23)35)21-15-9-5-7-11-18(15)34(29)25(21)24(22)33/h4-11,19-20,26H,12-13H2,1-3H3,(H2,30,38)(H,31,35)/t19-,20+,26-,29-/m1/s1. The lowest BCUT2D eigenvalue weighted by molar-refractivity contribution is -0.263. The van der Waals surface area contributed by atoms with E-state index < -0.39 is 5.72 Å². The van der Waals surface area contributed by atoms with Crippen LogP contribution >= 0.6 is 12.2 Å². The topological polar surface area (TPSA) is 86.7 Å². The van der Waals surface area contributed by atoms with Gasteiger partial charge in [0.2, 0.25) is 0 Å². The van der Waals surface area contributed by atoms with Crippen LogP contribution in [-0.4, -0.2) is 51.4 Å². The van der Waals surface area contributed by atoms with Crippen LogP contribution in [0.1, 0.15) is 35.5 Å². The first-order valence-corrected chi connectivity index (χ1v) is 13.3. The Hall–Kier alpha value is -3.66. The molecule has 5 heterocycles. The number of hydrogen-bond acceptors (Lipinski definition) is 4. The number of carbonyl (C=O) groups excluding carboxylic acids is 1. The Kier molecular flexibility index (Phi) is 4.26. The molecule has 8 rings (SSSR count). The minimum absolute atomic E-state index is 0.0261. The van der Waals surface area contributed by atoms with Gasteiger partial charge in [0.15, 0.2) is 10.8 Å². The predicted octanol–water partition coefficient (Wildman–Crippen LogP) is 4.31. The maximum absolute atomic E-state index is 13.4. The van der Waals surface area contributed by atoms with E-state index in [0.29, 0.717) is 18.1 Å². The summed E-state index contributed by atoms with van der Waals surface area (Å²) in [6.45, 7) is 2.60. The van der Waals surface area contributed by atoms with Gasteiger partial charge in [-0.15, -0.1) is 0 Å². The van der Waals surface area contributed by atoms with Crippen LogP contribution in [0.25, 0.3) is 43.6 Å². The molecule has 2 bridgehead atoms. The number of para-hydroxylation sites is 2. The molecule has 5 aromatic rings. The lowest BCUT2D eigenvalue weighted by atomic mass is 9.92. The van der Waals surface area contributed by atoms with Crippen LogP contribution in [0, 0.1) is 0 Å². The van der Waals surface area contributed by atoms with Crippen molar-refractivity contribution in [2.24, 2.45) is 5.73 Å². The monoisotopic (exact) mass is 525 g/mol. The highest BCUT2D eigenvalue weighted by Crippen LogP contribution is 2.54. The Morgan fingerprint density at radius 2 is 1.82 bits per heavy atom. The number of nitrogens with one attached hydrogen (secondary N) is 1. The van der Waals surface area contributed by atoms with Crippen LogP contribution < -0.4 is 11.1 Å².